The number of hydrogen-bond acceptors (Lipinski definition) is 3. The van der Waals surface area contributed by atoms with Gasteiger partial charge in [0.05, 0.1) is 0 Å². The Bertz CT molecular complexity index is 529. The average Bonchev–Trinajstić information content (AvgIpc) is 2.34. The molecule has 1 N–H and O–H groups in total. The lowest BCUT2D eigenvalue weighted by molar-refractivity contribution is 0.477. The first-order chi connectivity index (χ1) is 8.78. The van der Waals surface area contributed by atoms with Gasteiger partial charge in [0, 0.05) is 26.2 Å². The van der Waals surface area contributed by atoms with Crippen LogP contribution in [-0.2, 0) is 16.6 Å². The summed E-state index contributed by atoms with van der Waals surface area (Å²) in [6, 6.07) is 4.52. The summed E-state index contributed by atoms with van der Waals surface area (Å²) in [5, 5.41) is 3.15. The molecule has 6 heteroatoms. The van der Waals surface area contributed by atoms with Crippen LogP contribution in [0.1, 0.15) is 26.3 Å². The van der Waals surface area contributed by atoms with Gasteiger partial charge in [-0.1, -0.05) is 26.8 Å². The Balaban J connectivity index is 3.01. The molecule has 0 heterocycles. The van der Waals surface area contributed by atoms with Crippen molar-refractivity contribution in [1.29, 1.82) is 0 Å². The topological polar surface area (TPSA) is 49.4 Å². The van der Waals surface area contributed by atoms with Gasteiger partial charge in [-0.25, -0.2) is 17.1 Å². The van der Waals surface area contributed by atoms with Crippen LogP contribution < -0.4 is 5.32 Å². The van der Waals surface area contributed by atoms with Crippen LogP contribution >= 0.6 is 0 Å². The van der Waals surface area contributed by atoms with Gasteiger partial charge in [-0.3, -0.25) is 0 Å². The van der Waals surface area contributed by atoms with Crippen molar-refractivity contribution in [3.8, 4) is 0 Å². The third-order valence-electron chi connectivity index (χ3n) is 2.84. The Morgan fingerprint density at radius 1 is 1.37 bits per heavy atom. The third-order valence-corrected chi connectivity index (χ3v) is 4.81. The van der Waals surface area contributed by atoms with Gasteiger partial charge in [0.1, 0.15) is 10.7 Å². The largest absolute Gasteiger partial charge is 0.310 e. The van der Waals surface area contributed by atoms with Gasteiger partial charge in [-0.2, -0.15) is 0 Å². The highest BCUT2D eigenvalue weighted by Crippen LogP contribution is 2.19. The van der Waals surface area contributed by atoms with Gasteiger partial charge in [-0.15, -0.1) is 0 Å². The summed E-state index contributed by atoms with van der Waals surface area (Å²) < 4.78 is 39.1. The number of nitrogens with one attached hydrogen (secondary N) is 1. The molecule has 19 heavy (non-hydrogen) atoms. The van der Waals surface area contributed by atoms with Crippen LogP contribution in [0.5, 0.6) is 0 Å². The molecule has 108 valence electrons. The highest BCUT2D eigenvalue weighted by Gasteiger charge is 2.23. The average molecular weight is 288 g/mol. The number of sulfonamides is 1. The zero-order valence-corrected chi connectivity index (χ0v) is 12.6. The standard InChI is InChI=1S/C13H21FN2O2S/c1-5-16(4)19(17,18)13-7-6-11(8-12(13)14)9-15-10(2)3/h6-8,10,15H,5,9H2,1-4H3. The van der Waals surface area contributed by atoms with E-state index in [1.165, 1.54) is 19.2 Å². The Hall–Kier alpha value is -0.980. The van der Waals surface area contributed by atoms with Gasteiger partial charge in [0.25, 0.3) is 0 Å². The summed E-state index contributed by atoms with van der Waals surface area (Å²) in [6.45, 7) is 6.50. The summed E-state index contributed by atoms with van der Waals surface area (Å²) >= 11 is 0. The zero-order chi connectivity index (χ0) is 14.6. The van der Waals surface area contributed by atoms with E-state index in [-0.39, 0.29) is 10.9 Å². The number of halogens is 1. The molecule has 0 atom stereocenters. The van der Waals surface area contributed by atoms with E-state index < -0.39 is 15.8 Å². The summed E-state index contributed by atoms with van der Waals surface area (Å²) in [5.74, 6) is -0.705. The first-order valence-corrected chi connectivity index (χ1v) is 7.71. The molecule has 1 rings (SSSR count). The maximum absolute atomic E-state index is 13.9. The van der Waals surface area contributed by atoms with Gasteiger partial charge < -0.3 is 5.32 Å². The summed E-state index contributed by atoms with van der Waals surface area (Å²) in [7, 11) is -2.30. The number of rotatable bonds is 6. The van der Waals surface area contributed by atoms with Crippen LogP contribution in [0.2, 0.25) is 0 Å². The predicted molar refractivity (Wildman–Crippen MR) is 73.9 cm³/mol. The maximum Gasteiger partial charge on any atom is 0.245 e. The molecule has 4 nitrogen and oxygen atoms in total. The molecule has 0 saturated carbocycles. The normalized spacial score (nSPS) is 12.4. The van der Waals surface area contributed by atoms with E-state index in [2.05, 4.69) is 5.32 Å². The number of hydrogen-bond donors (Lipinski definition) is 1. The molecule has 0 saturated heterocycles. The fourth-order valence-electron chi connectivity index (χ4n) is 1.52. The van der Waals surface area contributed by atoms with Crippen LogP contribution in [0.15, 0.2) is 23.1 Å². The molecule has 0 aromatic heterocycles. The van der Waals surface area contributed by atoms with Crippen molar-refractivity contribution in [3.63, 3.8) is 0 Å². The fraction of sp³-hybridized carbons (Fsp3) is 0.538. The van der Waals surface area contributed by atoms with E-state index in [1.54, 1.807) is 13.0 Å². The van der Waals surface area contributed by atoms with Crippen molar-refractivity contribution in [3.05, 3.63) is 29.6 Å². The molecule has 0 aliphatic rings. The van der Waals surface area contributed by atoms with Crippen LogP contribution in [0, 0.1) is 5.82 Å². The van der Waals surface area contributed by atoms with Crippen molar-refractivity contribution in [2.45, 2.75) is 38.3 Å². The lowest BCUT2D eigenvalue weighted by Crippen LogP contribution is -2.27. The Morgan fingerprint density at radius 3 is 2.47 bits per heavy atom. The predicted octanol–water partition coefficient (Wildman–Crippen LogP) is 1.96. The summed E-state index contributed by atoms with van der Waals surface area (Å²) in [6.07, 6.45) is 0. The molecule has 0 unspecified atom stereocenters. The number of benzene rings is 1. The lowest BCUT2D eigenvalue weighted by atomic mass is 10.2. The molecule has 0 aliphatic heterocycles. The lowest BCUT2D eigenvalue weighted by Gasteiger charge is -2.16. The van der Waals surface area contributed by atoms with Gasteiger partial charge in [-0.05, 0) is 17.7 Å². The molecular formula is C13H21FN2O2S. The van der Waals surface area contributed by atoms with Crippen molar-refractivity contribution < 1.29 is 12.8 Å². The minimum Gasteiger partial charge on any atom is -0.310 e. The second kappa shape index (κ2) is 6.45. The summed E-state index contributed by atoms with van der Waals surface area (Å²) in [5.41, 5.74) is 0.726. The molecule has 0 amide bonds. The summed E-state index contributed by atoms with van der Waals surface area (Å²) in [4.78, 5) is -0.273. The molecule has 0 radical (unpaired) electrons. The van der Waals surface area contributed by atoms with Crippen molar-refractivity contribution in [2.75, 3.05) is 13.6 Å². The van der Waals surface area contributed by atoms with E-state index >= 15 is 0 Å². The first-order valence-electron chi connectivity index (χ1n) is 6.27. The smallest absolute Gasteiger partial charge is 0.245 e. The van der Waals surface area contributed by atoms with Crippen LogP contribution in [0.3, 0.4) is 0 Å². The maximum atomic E-state index is 13.9. The SMILES string of the molecule is CCN(C)S(=O)(=O)c1ccc(CNC(C)C)cc1F. The highest BCUT2D eigenvalue weighted by atomic mass is 32.2. The van der Waals surface area contributed by atoms with Crippen LogP contribution in [0.25, 0.3) is 0 Å². The van der Waals surface area contributed by atoms with Crippen LogP contribution in [0.4, 0.5) is 4.39 Å². The molecular weight excluding hydrogens is 267 g/mol. The Morgan fingerprint density at radius 2 is 2.00 bits per heavy atom. The van der Waals surface area contributed by atoms with Gasteiger partial charge >= 0.3 is 0 Å². The molecule has 0 fully saturated rings. The third kappa shape index (κ3) is 3.99. The molecule has 1 aromatic rings. The van der Waals surface area contributed by atoms with Gasteiger partial charge in [0.15, 0.2) is 0 Å². The van der Waals surface area contributed by atoms with E-state index in [1.807, 2.05) is 13.8 Å². The minimum atomic E-state index is -3.73. The highest BCUT2D eigenvalue weighted by molar-refractivity contribution is 7.89. The fourth-order valence-corrected chi connectivity index (χ4v) is 2.74. The Labute approximate surface area is 114 Å². The quantitative estimate of drug-likeness (QED) is 0.870. The van der Waals surface area contributed by atoms with Crippen molar-refractivity contribution in [2.24, 2.45) is 0 Å². The Kier molecular flexibility index (Phi) is 5.46. The van der Waals surface area contributed by atoms with Gasteiger partial charge in [0.2, 0.25) is 10.0 Å². The molecule has 0 bridgehead atoms. The molecule has 0 spiro atoms. The van der Waals surface area contributed by atoms with Crippen molar-refractivity contribution in [1.82, 2.24) is 9.62 Å². The monoisotopic (exact) mass is 288 g/mol. The minimum absolute atomic E-state index is 0.273. The second-order valence-electron chi connectivity index (χ2n) is 4.72. The van der Waals surface area contributed by atoms with E-state index in [4.69, 9.17) is 0 Å². The number of nitrogens with zero attached hydrogens (tertiary/aromatic N) is 1. The van der Waals surface area contributed by atoms with E-state index in [9.17, 15) is 12.8 Å². The molecule has 0 aliphatic carbocycles. The zero-order valence-electron chi connectivity index (χ0n) is 11.8. The van der Waals surface area contributed by atoms with Crippen molar-refractivity contribution >= 4 is 10.0 Å². The molecule has 1 aromatic carbocycles. The van der Waals surface area contributed by atoms with Crippen LogP contribution in [-0.4, -0.2) is 32.4 Å². The van der Waals surface area contributed by atoms with E-state index in [0.29, 0.717) is 13.1 Å². The first kappa shape index (κ1) is 16.1. The van der Waals surface area contributed by atoms with E-state index in [0.717, 1.165) is 9.87 Å². The second-order valence-corrected chi connectivity index (χ2v) is 6.73.